The normalized spacial score (nSPS) is 11.1. The molecule has 4 heterocycles. The summed E-state index contributed by atoms with van der Waals surface area (Å²) in [7, 11) is 0. The van der Waals surface area contributed by atoms with Gasteiger partial charge in [-0.25, -0.2) is 14.8 Å². The highest BCUT2D eigenvalue weighted by molar-refractivity contribution is 7.20. The Bertz CT molecular complexity index is 1110. The van der Waals surface area contributed by atoms with Crippen LogP contribution in [-0.4, -0.2) is 25.6 Å². The van der Waals surface area contributed by atoms with Crippen LogP contribution in [0.25, 0.3) is 14.8 Å². The number of thiazole rings is 1. The van der Waals surface area contributed by atoms with Crippen LogP contribution in [0.5, 0.6) is 0 Å². The molecule has 0 unspecified atom stereocenters. The predicted octanol–water partition coefficient (Wildman–Crippen LogP) is 3.00. The number of carbonyl (C=O) groups is 1. The highest BCUT2D eigenvalue weighted by atomic mass is 32.1. The van der Waals surface area contributed by atoms with Gasteiger partial charge in [-0.05, 0) is 18.4 Å². The molecule has 0 bridgehead atoms. The van der Waals surface area contributed by atoms with Crippen molar-refractivity contribution in [3.8, 4) is 9.88 Å². The first-order chi connectivity index (χ1) is 12.1. The number of hydrogen-bond acceptors (Lipinski definition) is 9. The Morgan fingerprint density at radius 1 is 1.32 bits per heavy atom. The molecule has 25 heavy (non-hydrogen) atoms. The third-order valence-corrected chi connectivity index (χ3v) is 5.95. The minimum Gasteiger partial charge on any atom is -0.453 e. The molecular formula is C15H10N4O3S3. The number of nitrogens with zero attached hydrogens (tertiary/aromatic N) is 4. The molecule has 0 saturated heterocycles. The monoisotopic (exact) mass is 390 g/mol. The largest absolute Gasteiger partial charge is 0.453 e. The Balaban J connectivity index is 1.49. The van der Waals surface area contributed by atoms with Gasteiger partial charge in [-0.3, -0.25) is 4.79 Å². The highest BCUT2D eigenvalue weighted by Crippen LogP contribution is 2.28. The van der Waals surface area contributed by atoms with Crippen molar-refractivity contribution < 1.29 is 9.53 Å². The smallest absolute Gasteiger partial charge is 0.358 e. The summed E-state index contributed by atoms with van der Waals surface area (Å²) < 4.78 is 6.46. The maximum Gasteiger partial charge on any atom is 0.358 e. The zero-order valence-corrected chi connectivity index (χ0v) is 15.3. The van der Waals surface area contributed by atoms with Gasteiger partial charge >= 0.3 is 5.97 Å². The summed E-state index contributed by atoms with van der Waals surface area (Å²) in [5, 5.41) is 9.04. The van der Waals surface area contributed by atoms with E-state index >= 15 is 0 Å². The molecule has 0 atom stereocenters. The minimum absolute atomic E-state index is 0.0305. The molecule has 0 aliphatic heterocycles. The van der Waals surface area contributed by atoms with Crippen molar-refractivity contribution in [3.05, 3.63) is 55.7 Å². The van der Waals surface area contributed by atoms with E-state index in [9.17, 15) is 9.59 Å². The number of aryl methyl sites for hydroxylation is 1. The van der Waals surface area contributed by atoms with Crippen molar-refractivity contribution in [1.82, 2.24) is 19.6 Å². The lowest BCUT2D eigenvalue weighted by Gasteiger charge is -1.98. The van der Waals surface area contributed by atoms with Crippen LogP contribution < -0.4 is 5.56 Å². The molecule has 0 radical (unpaired) electrons. The van der Waals surface area contributed by atoms with Crippen molar-refractivity contribution in [3.63, 3.8) is 0 Å². The number of hydrogen-bond donors (Lipinski definition) is 0. The van der Waals surface area contributed by atoms with Crippen molar-refractivity contribution >= 4 is 44.9 Å². The van der Waals surface area contributed by atoms with E-state index in [0.29, 0.717) is 15.7 Å². The van der Waals surface area contributed by atoms with E-state index in [1.165, 1.54) is 33.3 Å². The summed E-state index contributed by atoms with van der Waals surface area (Å²) in [5.74, 6) is -0.519. The van der Waals surface area contributed by atoms with Crippen molar-refractivity contribution in [2.45, 2.75) is 13.5 Å². The quantitative estimate of drug-likeness (QED) is 0.498. The number of fused-ring (bicyclic) bond motifs is 1. The average molecular weight is 390 g/mol. The standard InChI is InChI=1S/C15H10N4O3S3/c1-8-5-12(20)19-15(16-8)25-11(18-19)6-22-14(21)9-7-24-13(17-9)10-3-2-4-23-10/h2-5,7H,6H2,1H3. The second-order valence-electron chi connectivity index (χ2n) is 5.02. The molecule has 0 aromatic carbocycles. The fourth-order valence-corrected chi connectivity index (χ4v) is 4.56. The highest BCUT2D eigenvalue weighted by Gasteiger charge is 2.15. The SMILES string of the molecule is Cc1cc(=O)n2nc(COC(=O)c3csc(-c4cccs4)n3)sc2n1. The number of aromatic nitrogens is 4. The number of carbonyl (C=O) groups excluding carboxylic acids is 1. The van der Waals surface area contributed by atoms with E-state index in [1.807, 2.05) is 17.5 Å². The van der Waals surface area contributed by atoms with Gasteiger partial charge in [0.05, 0.1) is 4.88 Å². The molecule has 0 spiro atoms. The second kappa shape index (κ2) is 6.47. The molecule has 126 valence electrons. The number of thiophene rings is 1. The van der Waals surface area contributed by atoms with Crippen LogP contribution in [0, 0.1) is 6.92 Å². The van der Waals surface area contributed by atoms with E-state index in [-0.39, 0.29) is 17.9 Å². The van der Waals surface area contributed by atoms with Crippen LogP contribution in [0.2, 0.25) is 0 Å². The van der Waals surface area contributed by atoms with Crippen LogP contribution >= 0.6 is 34.0 Å². The lowest BCUT2D eigenvalue weighted by molar-refractivity contribution is 0.0465. The van der Waals surface area contributed by atoms with E-state index in [4.69, 9.17) is 4.74 Å². The van der Waals surface area contributed by atoms with Gasteiger partial charge in [-0.1, -0.05) is 17.4 Å². The van der Waals surface area contributed by atoms with Gasteiger partial charge in [0.1, 0.15) is 11.6 Å². The van der Waals surface area contributed by atoms with Crippen molar-refractivity contribution in [2.24, 2.45) is 0 Å². The molecule has 4 aromatic rings. The van der Waals surface area contributed by atoms with Crippen LogP contribution in [-0.2, 0) is 11.3 Å². The number of ether oxygens (including phenoxy) is 1. The van der Waals surface area contributed by atoms with E-state index < -0.39 is 5.97 Å². The van der Waals surface area contributed by atoms with Gasteiger partial charge in [0, 0.05) is 17.1 Å². The first-order valence-electron chi connectivity index (χ1n) is 7.13. The van der Waals surface area contributed by atoms with Gasteiger partial charge in [0.2, 0.25) is 4.96 Å². The van der Waals surface area contributed by atoms with Crippen LogP contribution in [0.3, 0.4) is 0 Å². The zero-order valence-electron chi connectivity index (χ0n) is 12.8. The molecule has 0 N–H and O–H groups in total. The first kappa shape index (κ1) is 16.1. The van der Waals surface area contributed by atoms with Gasteiger partial charge in [0.15, 0.2) is 10.7 Å². The summed E-state index contributed by atoms with van der Waals surface area (Å²) >= 11 is 4.17. The first-order valence-corrected chi connectivity index (χ1v) is 9.70. The zero-order chi connectivity index (χ0) is 17.4. The molecule has 4 rings (SSSR count). The topological polar surface area (TPSA) is 86.5 Å². The molecular weight excluding hydrogens is 380 g/mol. The van der Waals surface area contributed by atoms with Crippen LogP contribution in [0.4, 0.5) is 0 Å². The predicted molar refractivity (Wildman–Crippen MR) is 96.4 cm³/mol. The minimum atomic E-state index is -0.519. The third kappa shape index (κ3) is 3.23. The summed E-state index contributed by atoms with van der Waals surface area (Å²) in [4.78, 5) is 34.0. The molecule has 0 amide bonds. The summed E-state index contributed by atoms with van der Waals surface area (Å²) in [5.41, 5.74) is 0.637. The van der Waals surface area contributed by atoms with Gasteiger partial charge in [0.25, 0.3) is 5.56 Å². The number of rotatable bonds is 4. The van der Waals surface area contributed by atoms with E-state index in [0.717, 1.165) is 9.88 Å². The van der Waals surface area contributed by atoms with Crippen molar-refractivity contribution in [1.29, 1.82) is 0 Å². The van der Waals surface area contributed by atoms with Gasteiger partial charge in [-0.2, -0.15) is 9.61 Å². The Morgan fingerprint density at radius 3 is 3.00 bits per heavy atom. The van der Waals surface area contributed by atoms with Crippen molar-refractivity contribution in [2.75, 3.05) is 0 Å². The van der Waals surface area contributed by atoms with Gasteiger partial charge < -0.3 is 4.74 Å². The molecule has 10 heteroatoms. The Morgan fingerprint density at radius 2 is 2.20 bits per heavy atom. The van der Waals surface area contributed by atoms with Crippen LogP contribution in [0.1, 0.15) is 21.2 Å². The molecule has 0 aliphatic carbocycles. The van der Waals surface area contributed by atoms with Gasteiger partial charge in [-0.15, -0.1) is 22.7 Å². The summed E-state index contributed by atoms with van der Waals surface area (Å²) in [6, 6.07) is 5.29. The van der Waals surface area contributed by atoms with E-state index in [1.54, 1.807) is 23.6 Å². The average Bonchev–Trinajstić information content (AvgIpc) is 3.31. The number of esters is 1. The second-order valence-corrected chi connectivity index (χ2v) is 7.86. The Labute approximate surface area is 153 Å². The Hall–Kier alpha value is -2.43. The molecule has 0 saturated carbocycles. The summed E-state index contributed by atoms with van der Waals surface area (Å²) in [6.07, 6.45) is 0. The molecule has 7 nitrogen and oxygen atoms in total. The lowest BCUT2D eigenvalue weighted by Crippen LogP contribution is -2.14. The third-order valence-electron chi connectivity index (χ3n) is 3.19. The molecule has 0 aliphatic rings. The molecule has 0 fully saturated rings. The van der Waals surface area contributed by atoms with Crippen LogP contribution in [0.15, 0.2) is 33.8 Å². The maximum absolute atomic E-state index is 12.2. The lowest BCUT2D eigenvalue weighted by atomic mass is 10.4. The fraction of sp³-hybridized carbons (Fsp3) is 0.133. The maximum atomic E-state index is 12.2. The fourth-order valence-electron chi connectivity index (χ4n) is 2.10. The summed E-state index contributed by atoms with van der Waals surface area (Å²) in [6.45, 7) is 1.71. The molecule has 4 aromatic heterocycles. The Kier molecular flexibility index (Phi) is 4.15. The van der Waals surface area contributed by atoms with E-state index in [2.05, 4.69) is 15.1 Å².